The molecule has 1 aromatic carbocycles. The van der Waals surface area contributed by atoms with Crippen LogP contribution in [0.1, 0.15) is 25.3 Å². The van der Waals surface area contributed by atoms with Crippen molar-refractivity contribution in [1.29, 1.82) is 0 Å². The van der Waals surface area contributed by atoms with Crippen LogP contribution in [0, 0.1) is 5.92 Å². The maximum Gasteiger partial charge on any atom is 0.414 e. The molecule has 4 nitrogen and oxygen atoms in total. The third-order valence-electron chi connectivity index (χ3n) is 4.01. The van der Waals surface area contributed by atoms with Crippen LogP contribution < -0.4 is 4.74 Å². The fourth-order valence-corrected chi connectivity index (χ4v) is 2.78. The van der Waals surface area contributed by atoms with Crippen molar-refractivity contribution in [3.8, 4) is 5.75 Å². The van der Waals surface area contributed by atoms with Crippen molar-refractivity contribution in [3.63, 3.8) is 0 Å². The number of piperidine rings is 1. The lowest BCUT2D eigenvalue weighted by atomic mass is 9.90. The molecule has 0 saturated carbocycles. The van der Waals surface area contributed by atoms with Crippen molar-refractivity contribution >= 4 is 5.97 Å². The van der Waals surface area contributed by atoms with Crippen molar-refractivity contribution < 1.29 is 27.8 Å². The van der Waals surface area contributed by atoms with E-state index < -0.39 is 18.2 Å². The molecule has 1 unspecified atom stereocenters. The molecular weight excluding hydrogens is 311 g/mol. The second-order valence-corrected chi connectivity index (χ2v) is 5.84. The Morgan fingerprint density at radius 3 is 2.35 bits per heavy atom. The number of ether oxygens (including phenoxy) is 1. The summed E-state index contributed by atoms with van der Waals surface area (Å²) in [6.07, 6.45) is -6.12. The molecule has 1 N–H and O–H groups in total. The van der Waals surface area contributed by atoms with Crippen LogP contribution >= 0.6 is 0 Å². The minimum atomic E-state index is -4.54. The SMILES string of the molecule is CC(=O)Oc1ccc(CN2CCC(C(O)C(F)(F)F)CC2)cc1. The zero-order chi connectivity index (χ0) is 17.0. The Hall–Kier alpha value is -1.60. The molecule has 1 aliphatic rings. The van der Waals surface area contributed by atoms with Gasteiger partial charge in [-0.25, -0.2) is 0 Å². The first kappa shape index (κ1) is 17.7. The number of aliphatic hydroxyl groups excluding tert-OH is 1. The first-order valence-electron chi connectivity index (χ1n) is 7.50. The van der Waals surface area contributed by atoms with E-state index >= 15 is 0 Å². The van der Waals surface area contributed by atoms with Gasteiger partial charge in [0.25, 0.3) is 0 Å². The summed E-state index contributed by atoms with van der Waals surface area (Å²) < 4.78 is 42.5. The van der Waals surface area contributed by atoms with Crippen LogP contribution in [0.4, 0.5) is 13.2 Å². The third-order valence-corrected chi connectivity index (χ3v) is 4.01. The normalized spacial score (nSPS) is 18.7. The number of hydrogen-bond acceptors (Lipinski definition) is 4. The molecule has 0 bridgehead atoms. The van der Waals surface area contributed by atoms with E-state index in [1.807, 2.05) is 12.1 Å². The van der Waals surface area contributed by atoms with E-state index in [1.165, 1.54) is 6.92 Å². The van der Waals surface area contributed by atoms with Crippen molar-refractivity contribution in [2.45, 2.75) is 38.6 Å². The number of hydrogen-bond donors (Lipinski definition) is 1. The second-order valence-electron chi connectivity index (χ2n) is 5.84. The topological polar surface area (TPSA) is 49.8 Å². The standard InChI is InChI=1S/C16H20F3NO3/c1-11(21)23-14-4-2-12(3-5-14)10-20-8-6-13(7-9-20)15(22)16(17,18)19/h2-5,13,15,22H,6-10H2,1H3. The summed E-state index contributed by atoms with van der Waals surface area (Å²) in [5.41, 5.74) is 0.996. The van der Waals surface area contributed by atoms with Gasteiger partial charge in [-0.3, -0.25) is 9.69 Å². The van der Waals surface area contributed by atoms with Gasteiger partial charge >= 0.3 is 12.1 Å². The number of esters is 1. The highest BCUT2D eigenvalue weighted by molar-refractivity contribution is 5.69. The van der Waals surface area contributed by atoms with Gasteiger partial charge in [-0.2, -0.15) is 13.2 Å². The summed E-state index contributed by atoms with van der Waals surface area (Å²) in [4.78, 5) is 12.9. The van der Waals surface area contributed by atoms with Gasteiger partial charge in [0.15, 0.2) is 6.10 Å². The monoisotopic (exact) mass is 331 g/mol. The van der Waals surface area contributed by atoms with Gasteiger partial charge < -0.3 is 9.84 Å². The third kappa shape index (κ3) is 5.21. The summed E-state index contributed by atoms with van der Waals surface area (Å²) in [5.74, 6) is -0.645. The molecule has 2 rings (SSSR count). The molecule has 128 valence electrons. The van der Waals surface area contributed by atoms with Gasteiger partial charge in [0.2, 0.25) is 0 Å². The fourth-order valence-electron chi connectivity index (χ4n) is 2.78. The van der Waals surface area contributed by atoms with E-state index in [0.29, 0.717) is 38.2 Å². The zero-order valence-corrected chi connectivity index (χ0v) is 12.8. The first-order valence-corrected chi connectivity index (χ1v) is 7.50. The quantitative estimate of drug-likeness (QED) is 0.681. The Morgan fingerprint density at radius 1 is 1.30 bits per heavy atom. The average Bonchev–Trinajstić information content (AvgIpc) is 2.48. The molecule has 0 radical (unpaired) electrons. The molecule has 0 spiro atoms. The van der Waals surface area contributed by atoms with Crippen LogP contribution in [0.15, 0.2) is 24.3 Å². The number of aliphatic hydroxyl groups is 1. The highest BCUT2D eigenvalue weighted by Crippen LogP contribution is 2.31. The molecule has 23 heavy (non-hydrogen) atoms. The van der Waals surface area contributed by atoms with Gasteiger partial charge in [-0.15, -0.1) is 0 Å². The average molecular weight is 331 g/mol. The maximum absolute atomic E-state index is 12.5. The number of nitrogens with zero attached hydrogens (tertiary/aromatic N) is 1. The molecule has 1 heterocycles. The van der Waals surface area contributed by atoms with Crippen LogP contribution in [-0.4, -0.2) is 41.3 Å². The highest BCUT2D eigenvalue weighted by Gasteiger charge is 2.44. The molecule has 0 amide bonds. The van der Waals surface area contributed by atoms with Gasteiger partial charge in [-0.1, -0.05) is 12.1 Å². The number of carbonyl (C=O) groups excluding carboxylic acids is 1. The molecule has 0 aromatic heterocycles. The number of benzene rings is 1. The number of carbonyl (C=O) groups is 1. The van der Waals surface area contributed by atoms with Gasteiger partial charge in [0.1, 0.15) is 5.75 Å². The summed E-state index contributed by atoms with van der Waals surface area (Å²) in [6, 6.07) is 7.04. The minimum Gasteiger partial charge on any atom is -0.427 e. The first-order chi connectivity index (χ1) is 10.8. The van der Waals surface area contributed by atoms with E-state index in [9.17, 15) is 23.1 Å². The van der Waals surface area contributed by atoms with Crippen molar-refractivity contribution in [1.82, 2.24) is 4.90 Å². The molecule has 7 heteroatoms. The van der Waals surface area contributed by atoms with E-state index in [0.717, 1.165) is 5.56 Å². The molecule has 1 atom stereocenters. The molecule has 1 fully saturated rings. The van der Waals surface area contributed by atoms with Crippen molar-refractivity contribution in [3.05, 3.63) is 29.8 Å². The predicted molar refractivity (Wildman–Crippen MR) is 77.8 cm³/mol. The Labute approximate surface area is 132 Å². The number of likely N-dealkylation sites (tertiary alicyclic amines) is 1. The number of alkyl halides is 3. The lowest BCUT2D eigenvalue weighted by Crippen LogP contribution is -2.43. The van der Waals surface area contributed by atoms with E-state index in [4.69, 9.17) is 4.74 Å². The Kier molecular flexibility index (Phi) is 5.64. The number of halogens is 3. The largest absolute Gasteiger partial charge is 0.427 e. The summed E-state index contributed by atoms with van der Waals surface area (Å²) in [7, 11) is 0. The summed E-state index contributed by atoms with van der Waals surface area (Å²) in [5, 5.41) is 9.30. The molecular formula is C16H20F3NO3. The minimum absolute atomic E-state index is 0.326. The maximum atomic E-state index is 12.5. The highest BCUT2D eigenvalue weighted by atomic mass is 19.4. The van der Waals surface area contributed by atoms with E-state index in [-0.39, 0.29) is 5.97 Å². The second kappa shape index (κ2) is 7.31. The fraction of sp³-hybridized carbons (Fsp3) is 0.562. The Bertz CT molecular complexity index is 522. The van der Waals surface area contributed by atoms with Crippen LogP contribution in [0.2, 0.25) is 0 Å². The molecule has 1 aromatic rings. The Morgan fingerprint density at radius 2 is 1.87 bits per heavy atom. The molecule has 1 aliphatic heterocycles. The van der Waals surface area contributed by atoms with Crippen molar-refractivity contribution in [2.75, 3.05) is 13.1 Å². The van der Waals surface area contributed by atoms with Crippen molar-refractivity contribution in [2.24, 2.45) is 5.92 Å². The van der Waals surface area contributed by atoms with Gasteiger partial charge in [0.05, 0.1) is 0 Å². The summed E-state index contributed by atoms with van der Waals surface area (Å²) in [6.45, 7) is 2.98. The van der Waals surface area contributed by atoms with Gasteiger partial charge in [-0.05, 0) is 49.5 Å². The lowest BCUT2D eigenvalue weighted by Gasteiger charge is -2.34. The van der Waals surface area contributed by atoms with E-state index in [2.05, 4.69) is 4.90 Å². The van der Waals surface area contributed by atoms with Crippen LogP contribution in [0.5, 0.6) is 5.75 Å². The van der Waals surface area contributed by atoms with E-state index in [1.54, 1.807) is 12.1 Å². The van der Waals surface area contributed by atoms with Crippen LogP contribution in [0.3, 0.4) is 0 Å². The Balaban J connectivity index is 1.83. The molecule has 1 saturated heterocycles. The summed E-state index contributed by atoms with van der Waals surface area (Å²) >= 11 is 0. The lowest BCUT2D eigenvalue weighted by molar-refractivity contribution is -0.223. The smallest absolute Gasteiger partial charge is 0.414 e. The van der Waals surface area contributed by atoms with Crippen LogP contribution in [0.25, 0.3) is 0 Å². The predicted octanol–water partition coefficient (Wildman–Crippen LogP) is 2.75. The zero-order valence-electron chi connectivity index (χ0n) is 12.8. The van der Waals surface area contributed by atoms with Gasteiger partial charge in [0, 0.05) is 13.5 Å². The number of rotatable bonds is 4. The van der Waals surface area contributed by atoms with Crippen LogP contribution in [-0.2, 0) is 11.3 Å². The molecule has 0 aliphatic carbocycles.